The van der Waals surface area contributed by atoms with Crippen molar-refractivity contribution in [1.29, 1.82) is 0 Å². The Bertz CT molecular complexity index is 515. The Balaban J connectivity index is 2.58. The van der Waals surface area contributed by atoms with E-state index >= 15 is 0 Å². The fourth-order valence-electron chi connectivity index (χ4n) is 1.67. The van der Waals surface area contributed by atoms with Crippen LogP contribution in [0.15, 0.2) is 30.3 Å². The fourth-order valence-corrected chi connectivity index (χ4v) is 1.67. The van der Waals surface area contributed by atoms with Crippen molar-refractivity contribution in [2.45, 2.75) is 26.7 Å². The SMILES string of the molecule is CC/C=C/c1nc2ccccc2nc1CC. The van der Waals surface area contributed by atoms with Gasteiger partial charge in [-0.05, 0) is 31.1 Å². The van der Waals surface area contributed by atoms with E-state index in [9.17, 15) is 0 Å². The Morgan fingerprint density at radius 2 is 1.75 bits per heavy atom. The van der Waals surface area contributed by atoms with Crippen molar-refractivity contribution in [2.24, 2.45) is 0 Å². The number of allylic oxidation sites excluding steroid dienone is 1. The van der Waals surface area contributed by atoms with Crippen molar-refractivity contribution >= 4 is 17.1 Å². The minimum absolute atomic E-state index is 0.918. The molecule has 1 heterocycles. The molecule has 0 unspecified atom stereocenters. The van der Waals surface area contributed by atoms with Gasteiger partial charge in [-0.3, -0.25) is 0 Å². The van der Waals surface area contributed by atoms with Crippen LogP contribution < -0.4 is 0 Å². The number of hydrogen-bond donors (Lipinski definition) is 0. The molecule has 0 aliphatic carbocycles. The molecular formula is C14H16N2. The molecule has 0 N–H and O–H groups in total. The first-order valence-corrected chi connectivity index (χ1v) is 5.77. The van der Waals surface area contributed by atoms with E-state index in [-0.39, 0.29) is 0 Å². The average Bonchev–Trinajstić information content (AvgIpc) is 2.35. The van der Waals surface area contributed by atoms with Crippen LogP contribution in [0.1, 0.15) is 31.7 Å². The predicted molar refractivity (Wildman–Crippen MR) is 68.2 cm³/mol. The van der Waals surface area contributed by atoms with E-state index in [4.69, 9.17) is 0 Å². The summed E-state index contributed by atoms with van der Waals surface area (Å²) in [6.45, 7) is 4.23. The van der Waals surface area contributed by atoms with Crippen LogP contribution in [0.4, 0.5) is 0 Å². The number of aryl methyl sites for hydroxylation is 1. The number of benzene rings is 1. The monoisotopic (exact) mass is 212 g/mol. The summed E-state index contributed by atoms with van der Waals surface area (Å²) in [5, 5.41) is 0. The largest absolute Gasteiger partial charge is 0.249 e. The van der Waals surface area contributed by atoms with Gasteiger partial charge in [0, 0.05) is 0 Å². The first kappa shape index (κ1) is 10.8. The fraction of sp³-hybridized carbons (Fsp3) is 0.286. The van der Waals surface area contributed by atoms with Gasteiger partial charge < -0.3 is 0 Å². The third kappa shape index (κ3) is 2.11. The molecule has 0 fully saturated rings. The minimum Gasteiger partial charge on any atom is -0.249 e. The number of hydrogen-bond acceptors (Lipinski definition) is 2. The molecule has 2 rings (SSSR count). The Kier molecular flexibility index (Phi) is 3.30. The molecule has 0 aliphatic heterocycles. The number of nitrogens with zero attached hydrogens (tertiary/aromatic N) is 2. The van der Waals surface area contributed by atoms with Crippen LogP contribution in [0.25, 0.3) is 17.1 Å². The summed E-state index contributed by atoms with van der Waals surface area (Å²) in [6, 6.07) is 8.01. The molecular weight excluding hydrogens is 196 g/mol. The van der Waals surface area contributed by atoms with Gasteiger partial charge in [0.1, 0.15) is 0 Å². The second-order valence-electron chi connectivity index (χ2n) is 3.71. The zero-order chi connectivity index (χ0) is 11.4. The zero-order valence-electron chi connectivity index (χ0n) is 9.77. The average molecular weight is 212 g/mol. The van der Waals surface area contributed by atoms with Crippen LogP contribution in [-0.4, -0.2) is 9.97 Å². The molecule has 1 aromatic heterocycles. The predicted octanol–water partition coefficient (Wildman–Crippen LogP) is 3.62. The molecule has 2 heteroatoms. The Labute approximate surface area is 96.1 Å². The molecule has 82 valence electrons. The molecule has 0 saturated carbocycles. The smallest absolute Gasteiger partial charge is 0.0894 e. The van der Waals surface area contributed by atoms with Crippen molar-refractivity contribution < 1.29 is 0 Å². The number of aromatic nitrogens is 2. The van der Waals surface area contributed by atoms with Crippen LogP contribution in [-0.2, 0) is 6.42 Å². The molecule has 2 nitrogen and oxygen atoms in total. The molecule has 0 spiro atoms. The van der Waals surface area contributed by atoms with Crippen LogP contribution in [0, 0.1) is 0 Å². The van der Waals surface area contributed by atoms with Gasteiger partial charge in [-0.15, -0.1) is 0 Å². The lowest BCUT2D eigenvalue weighted by Crippen LogP contribution is -1.96. The highest BCUT2D eigenvalue weighted by Gasteiger charge is 2.03. The lowest BCUT2D eigenvalue weighted by atomic mass is 10.2. The quantitative estimate of drug-likeness (QED) is 0.776. The van der Waals surface area contributed by atoms with Crippen LogP contribution in [0.5, 0.6) is 0 Å². The topological polar surface area (TPSA) is 25.8 Å². The van der Waals surface area contributed by atoms with Crippen molar-refractivity contribution in [1.82, 2.24) is 9.97 Å². The van der Waals surface area contributed by atoms with Gasteiger partial charge in [0.2, 0.25) is 0 Å². The van der Waals surface area contributed by atoms with E-state index in [1.54, 1.807) is 0 Å². The molecule has 16 heavy (non-hydrogen) atoms. The highest BCUT2D eigenvalue weighted by Crippen LogP contribution is 2.14. The normalized spacial score (nSPS) is 11.4. The zero-order valence-corrected chi connectivity index (χ0v) is 9.77. The molecule has 2 aromatic rings. The Morgan fingerprint density at radius 1 is 1.06 bits per heavy atom. The lowest BCUT2D eigenvalue weighted by molar-refractivity contribution is 1.02. The molecule has 0 bridgehead atoms. The van der Waals surface area contributed by atoms with Gasteiger partial charge >= 0.3 is 0 Å². The second-order valence-corrected chi connectivity index (χ2v) is 3.71. The summed E-state index contributed by atoms with van der Waals surface area (Å²) in [7, 11) is 0. The van der Waals surface area contributed by atoms with Crippen molar-refractivity contribution in [3.8, 4) is 0 Å². The Morgan fingerprint density at radius 3 is 2.38 bits per heavy atom. The summed E-state index contributed by atoms with van der Waals surface area (Å²) in [5.41, 5.74) is 4.02. The number of rotatable bonds is 3. The number of fused-ring (bicyclic) bond motifs is 1. The van der Waals surface area contributed by atoms with Gasteiger partial charge in [0.05, 0.1) is 22.4 Å². The third-order valence-corrected chi connectivity index (χ3v) is 2.52. The maximum absolute atomic E-state index is 4.63. The highest BCUT2D eigenvalue weighted by molar-refractivity contribution is 5.75. The lowest BCUT2D eigenvalue weighted by Gasteiger charge is -2.04. The maximum Gasteiger partial charge on any atom is 0.0894 e. The second kappa shape index (κ2) is 4.88. The third-order valence-electron chi connectivity index (χ3n) is 2.52. The molecule has 0 aliphatic rings. The van der Waals surface area contributed by atoms with Crippen molar-refractivity contribution in [3.63, 3.8) is 0 Å². The summed E-state index contributed by atoms with van der Waals surface area (Å²) in [5.74, 6) is 0. The molecule has 0 atom stereocenters. The van der Waals surface area contributed by atoms with Gasteiger partial charge in [-0.25, -0.2) is 9.97 Å². The first-order valence-electron chi connectivity index (χ1n) is 5.77. The molecule has 0 radical (unpaired) electrons. The van der Waals surface area contributed by atoms with Crippen LogP contribution in [0.2, 0.25) is 0 Å². The van der Waals surface area contributed by atoms with Crippen LogP contribution in [0.3, 0.4) is 0 Å². The van der Waals surface area contributed by atoms with E-state index in [0.717, 1.165) is 35.3 Å². The van der Waals surface area contributed by atoms with Gasteiger partial charge in [0.15, 0.2) is 0 Å². The Hall–Kier alpha value is -1.70. The highest BCUT2D eigenvalue weighted by atomic mass is 14.8. The van der Waals surface area contributed by atoms with Gasteiger partial charge in [-0.2, -0.15) is 0 Å². The van der Waals surface area contributed by atoms with E-state index in [1.165, 1.54) is 0 Å². The van der Waals surface area contributed by atoms with Gasteiger partial charge in [-0.1, -0.05) is 32.1 Å². The maximum atomic E-state index is 4.63. The van der Waals surface area contributed by atoms with E-state index in [1.807, 2.05) is 24.3 Å². The summed E-state index contributed by atoms with van der Waals surface area (Å²) in [4.78, 5) is 9.27. The van der Waals surface area contributed by atoms with Gasteiger partial charge in [0.25, 0.3) is 0 Å². The van der Waals surface area contributed by atoms with Crippen molar-refractivity contribution in [3.05, 3.63) is 41.7 Å². The standard InChI is InChI=1S/C14H16N2/c1-3-5-8-12-11(4-2)15-13-9-6-7-10-14(13)16-12/h5-10H,3-4H2,1-2H3/b8-5+. The summed E-state index contributed by atoms with van der Waals surface area (Å²) < 4.78 is 0. The minimum atomic E-state index is 0.918. The van der Waals surface area contributed by atoms with E-state index < -0.39 is 0 Å². The summed E-state index contributed by atoms with van der Waals surface area (Å²) in [6.07, 6.45) is 6.13. The molecule has 0 amide bonds. The first-order chi connectivity index (χ1) is 7.85. The van der Waals surface area contributed by atoms with Crippen molar-refractivity contribution in [2.75, 3.05) is 0 Å². The van der Waals surface area contributed by atoms with Crippen LogP contribution >= 0.6 is 0 Å². The molecule has 0 saturated heterocycles. The molecule has 1 aromatic carbocycles. The van der Waals surface area contributed by atoms with E-state index in [2.05, 4.69) is 36.0 Å². The summed E-state index contributed by atoms with van der Waals surface area (Å²) >= 11 is 0. The van der Waals surface area contributed by atoms with E-state index in [0.29, 0.717) is 0 Å². The number of para-hydroxylation sites is 2.